The van der Waals surface area contributed by atoms with E-state index in [9.17, 15) is 14.3 Å². The Balaban J connectivity index is 1.75. The summed E-state index contributed by atoms with van der Waals surface area (Å²) in [5, 5.41) is 11.4. The van der Waals surface area contributed by atoms with E-state index >= 15 is 0 Å². The molecule has 0 aliphatic heterocycles. The molecule has 4 aromatic carbocycles. The molecular weight excluding hydrogens is 477 g/mol. The number of nitrogen functional groups attached to an aromatic ring is 1. The van der Waals surface area contributed by atoms with Crippen LogP contribution in [0.3, 0.4) is 0 Å². The Hall–Kier alpha value is -4.29. The third-order valence-electron chi connectivity index (χ3n) is 5.64. The minimum atomic E-state index is -0.504. The summed E-state index contributed by atoms with van der Waals surface area (Å²) in [6, 6.07) is 22.4. The van der Waals surface area contributed by atoms with Crippen LogP contribution in [0.5, 0.6) is 5.75 Å². The lowest BCUT2D eigenvalue weighted by molar-refractivity contribution is -0.106. The highest BCUT2D eigenvalue weighted by Crippen LogP contribution is 2.41. The van der Waals surface area contributed by atoms with Crippen molar-refractivity contribution in [1.82, 2.24) is 4.90 Å². The molecule has 0 radical (unpaired) electrons. The molecule has 0 aliphatic rings. The number of phenolic OH excluding ortho intramolecular Hbond substituents is 1. The van der Waals surface area contributed by atoms with E-state index in [1.54, 1.807) is 41.6 Å². The summed E-state index contributed by atoms with van der Waals surface area (Å²) in [5.74, 6) is -0.583. The largest absolute Gasteiger partial charge is 0.507 e. The van der Waals surface area contributed by atoms with Crippen molar-refractivity contribution in [3.63, 3.8) is 0 Å². The van der Waals surface area contributed by atoms with Crippen molar-refractivity contribution >= 4 is 29.4 Å². The summed E-state index contributed by atoms with van der Waals surface area (Å²) in [7, 11) is 3.67. The maximum atomic E-state index is 14.8. The SMILES string of the molecule is CN(C)/C=C\N(C=O)c1ccc(-c2cc(F)cc(-c3cccc(-c4cccc(N)c4)c3)c2O)cc1Cl. The van der Waals surface area contributed by atoms with E-state index in [2.05, 4.69) is 0 Å². The van der Waals surface area contributed by atoms with E-state index < -0.39 is 5.82 Å². The fraction of sp³-hybridized carbons (Fsp3) is 0.0690. The molecule has 3 N–H and O–H groups in total. The van der Waals surface area contributed by atoms with Crippen molar-refractivity contribution in [2.24, 2.45) is 0 Å². The summed E-state index contributed by atoms with van der Waals surface area (Å²) in [6.07, 6.45) is 3.94. The Morgan fingerprint density at radius 3 is 2.06 bits per heavy atom. The molecular formula is C29H25ClFN3O2. The van der Waals surface area contributed by atoms with Crippen molar-refractivity contribution in [2.75, 3.05) is 24.7 Å². The maximum absolute atomic E-state index is 14.8. The van der Waals surface area contributed by atoms with Crippen LogP contribution in [-0.2, 0) is 4.79 Å². The van der Waals surface area contributed by atoms with E-state index in [-0.39, 0.29) is 16.3 Å². The summed E-state index contributed by atoms with van der Waals surface area (Å²) >= 11 is 6.48. The van der Waals surface area contributed by atoms with E-state index in [1.165, 1.54) is 17.0 Å². The van der Waals surface area contributed by atoms with Crippen LogP contribution in [0, 0.1) is 5.82 Å². The van der Waals surface area contributed by atoms with Gasteiger partial charge in [0.25, 0.3) is 0 Å². The van der Waals surface area contributed by atoms with Crippen LogP contribution in [0.15, 0.2) is 91.3 Å². The Morgan fingerprint density at radius 1 is 0.833 bits per heavy atom. The van der Waals surface area contributed by atoms with Gasteiger partial charge in [0.2, 0.25) is 6.41 Å². The van der Waals surface area contributed by atoms with Crippen LogP contribution in [-0.4, -0.2) is 30.5 Å². The van der Waals surface area contributed by atoms with Gasteiger partial charge >= 0.3 is 0 Å². The van der Waals surface area contributed by atoms with Crippen LogP contribution in [0.2, 0.25) is 5.02 Å². The quantitative estimate of drug-likeness (QED) is 0.217. The molecule has 4 aromatic rings. The molecule has 0 bridgehead atoms. The molecule has 4 rings (SSSR count). The van der Waals surface area contributed by atoms with Gasteiger partial charge in [-0.25, -0.2) is 4.39 Å². The molecule has 0 atom stereocenters. The smallest absolute Gasteiger partial charge is 0.218 e. The fourth-order valence-electron chi connectivity index (χ4n) is 3.89. The van der Waals surface area contributed by atoms with Gasteiger partial charge < -0.3 is 15.7 Å². The van der Waals surface area contributed by atoms with Gasteiger partial charge in [-0.2, -0.15) is 0 Å². The number of nitrogens with zero attached hydrogens (tertiary/aromatic N) is 2. The third kappa shape index (κ3) is 5.34. The number of halogens is 2. The van der Waals surface area contributed by atoms with E-state index in [0.29, 0.717) is 34.5 Å². The highest BCUT2D eigenvalue weighted by Gasteiger charge is 2.16. The Bertz CT molecular complexity index is 1450. The van der Waals surface area contributed by atoms with E-state index in [0.717, 1.165) is 11.1 Å². The molecule has 0 aliphatic carbocycles. The van der Waals surface area contributed by atoms with Gasteiger partial charge in [0.1, 0.15) is 11.6 Å². The maximum Gasteiger partial charge on any atom is 0.218 e. The van der Waals surface area contributed by atoms with Crippen molar-refractivity contribution < 1.29 is 14.3 Å². The molecule has 7 heteroatoms. The minimum Gasteiger partial charge on any atom is -0.507 e. The Kier molecular flexibility index (Phi) is 7.27. The number of hydrogen-bond donors (Lipinski definition) is 2. The molecule has 0 saturated carbocycles. The molecule has 0 fully saturated rings. The lowest BCUT2D eigenvalue weighted by Gasteiger charge is -2.17. The van der Waals surface area contributed by atoms with E-state index in [4.69, 9.17) is 17.3 Å². The zero-order valence-electron chi connectivity index (χ0n) is 19.8. The van der Waals surface area contributed by atoms with Gasteiger partial charge in [-0.1, -0.05) is 48.0 Å². The zero-order valence-corrected chi connectivity index (χ0v) is 20.6. The number of rotatable bonds is 7. The average molecular weight is 502 g/mol. The molecule has 5 nitrogen and oxygen atoms in total. The van der Waals surface area contributed by atoms with Gasteiger partial charge in [0, 0.05) is 43.3 Å². The van der Waals surface area contributed by atoms with Gasteiger partial charge in [-0.3, -0.25) is 9.69 Å². The van der Waals surface area contributed by atoms with Crippen molar-refractivity contribution in [2.45, 2.75) is 0 Å². The summed E-state index contributed by atoms with van der Waals surface area (Å²) in [4.78, 5) is 14.7. The predicted molar refractivity (Wildman–Crippen MR) is 145 cm³/mol. The van der Waals surface area contributed by atoms with Gasteiger partial charge in [0.05, 0.1) is 10.7 Å². The number of amides is 1. The molecule has 0 aromatic heterocycles. The zero-order chi connectivity index (χ0) is 25.8. The lowest BCUT2D eigenvalue weighted by atomic mass is 9.94. The second kappa shape index (κ2) is 10.5. The summed E-state index contributed by atoms with van der Waals surface area (Å²) < 4.78 is 14.8. The standard InChI is InChI=1S/C29H25ClFN3O2/c1-33(2)11-12-34(18-35)28-10-9-22(15-27(28)30)26-17-23(31)16-25(29(26)36)21-7-3-5-19(13-21)20-6-4-8-24(32)14-20/h3-18,36H,32H2,1-2H3/b12-11-. The Labute approximate surface area is 214 Å². The second-order valence-corrected chi connectivity index (χ2v) is 8.90. The van der Waals surface area contributed by atoms with Crippen molar-refractivity contribution in [1.29, 1.82) is 0 Å². The van der Waals surface area contributed by atoms with Crippen molar-refractivity contribution in [3.05, 3.63) is 102 Å². The van der Waals surface area contributed by atoms with Gasteiger partial charge in [-0.15, -0.1) is 0 Å². The normalized spacial score (nSPS) is 11.0. The third-order valence-corrected chi connectivity index (χ3v) is 5.95. The molecule has 0 spiro atoms. The minimum absolute atomic E-state index is 0.0790. The van der Waals surface area contributed by atoms with Crippen LogP contribution in [0.4, 0.5) is 15.8 Å². The number of anilines is 2. The first-order chi connectivity index (χ1) is 17.3. The molecule has 0 heterocycles. The first kappa shape index (κ1) is 24.8. The van der Waals surface area contributed by atoms with Crippen LogP contribution in [0.1, 0.15) is 0 Å². The topological polar surface area (TPSA) is 69.8 Å². The van der Waals surface area contributed by atoms with Crippen molar-refractivity contribution in [3.8, 4) is 39.1 Å². The molecule has 36 heavy (non-hydrogen) atoms. The highest BCUT2D eigenvalue weighted by molar-refractivity contribution is 6.34. The van der Waals surface area contributed by atoms with Crippen LogP contribution < -0.4 is 10.6 Å². The monoisotopic (exact) mass is 501 g/mol. The summed E-state index contributed by atoms with van der Waals surface area (Å²) in [6.45, 7) is 0. The average Bonchev–Trinajstić information content (AvgIpc) is 2.86. The van der Waals surface area contributed by atoms with Crippen LogP contribution in [0.25, 0.3) is 33.4 Å². The Morgan fingerprint density at radius 2 is 1.44 bits per heavy atom. The molecule has 0 saturated heterocycles. The highest BCUT2D eigenvalue weighted by atomic mass is 35.5. The second-order valence-electron chi connectivity index (χ2n) is 8.50. The fourth-order valence-corrected chi connectivity index (χ4v) is 4.16. The first-order valence-electron chi connectivity index (χ1n) is 11.1. The molecule has 1 amide bonds. The number of phenols is 1. The van der Waals surface area contributed by atoms with Crippen LogP contribution >= 0.6 is 11.6 Å². The number of benzene rings is 4. The van der Waals surface area contributed by atoms with E-state index in [1.807, 2.05) is 56.6 Å². The summed E-state index contributed by atoms with van der Waals surface area (Å²) in [5.41, 5.74) is 10.6. The predicted octanol–water partition coefficient (Wildman–Crippen LogP) is 6.76. The number of nitrogens with two attached hydrogens (primary N) is 1. The molecule has 0 unspecified atom stereocenters. The number of carbonyl (C=O) groups is 1. The molecule has 182 valence electrons. The number of hydrogen-bond acceptors (Lipinski definition) is 4. The first-order valence-corrected chi connectivity index (χ1v) is 11.5. The van der Waals surface area contributed by atoms with Gasteiger partial charge in [-0.05, 0) is 64.7 Å². The number of carbonyl (C=O) groups excluding carboxylic acids is 1. The lowest BCUT2D eigenvalue weighted by Crippen LogP contribution is -2.15. The van der Waals surface area contributed by atoms with Gasteiger partial charge in [0.15, 0.2) is 0 Å². The number of aromatic hydroxyl groups is 1.